The molecule has 0 aromatic heterocycles. The van der Waals surface area contributed by atoms with Gasteiger partial charge < -0.3 is 14.7 Å². The maximum atomic E-state index is 10.4. The Morgan fingerprint density at radius 1 is 1.43 bits per heavy atom. The summed E-state index contributed by atoms with van der Waals surface area (Å²) in [6.07, 6.45) is 2.34. The molecule has 0 atom stereocenters. The van der Waals surface area contributed by atoms with Crippen molar-refractivity contribution < 1.29 is 14.6 Å². The molecule has 0 aliphatic carbocycles. The Kier molecular flexibility index (Phi) is 7.06. The van der Waals surface area contributed by atoms with Crippen molar-refractivity contribution in [2.24, 2.45) is 0 Å². The topological polar surface area (TPSA) is 49.8 Å². The molecule has 82 valence electrons. The second kappa shape index (κ2) is 7.53. The quantitative estimate of drug-likeness (QED) is 0.493. The van der Waals surface area contributed by atoms with Crippen LogP contribution in [-0.4, -0.2) is 49.8 Å². The van der Waals surface area contributed by atoms with Crippen LogP contribution in [0.15, 0.2) is 11.6 Å². The summed E-state index contributed by atoms with van der Waals surface area (Å²) in [7, 11) is 3.97. The summed E-state index contributed by atoms with van der Waals surface area (Å²) in [5.74, 6) is -0.863. The molecule has 0 aliphatic heterocycles. The van der Waals surface area contributed by atoms with Crippen molar-refractivity contribution in [1.29, 1.82) is 0 Å². The number of carboxylic acids is 1. The molecule has 0 rings (SSSR count). The lowest BCUT2D eigenvalue weighted by molar-refractivity contribution is -0.132. The summed E-state index contributed by atoms with van der Waals surface area (Å²) in [4.78, 5) is 12.4. The molecule has 0 saturated carbocycles. The Hall–Kier alpha value is -0.870. The average Bonchev–Trinajstić information content (AvgIpc) is 2.09. The zero-order valence-corrected chi connectivity index (χ0v) is 9.12. The molecule has 0 saturated heterocycles. The number of likely N-dealkylation sites (N-methyl/N-ethyl adjacent to an activating group) is 1. The Morgan fingerprint density at radius 3 is 2.57 bits per heavy atom. The first kappa shape index (κ1) is 13.1. The molecule has 0 fully saturated rings. The van der Waals surface area contributed by atoms with Crippen molar-refractivity contribution in [3.8, 4) is 0 Å². The van der Waals surface area contributed by atoms with E-state index < -0.39 is 5.97 Å². The zero-order chi connectivity index (χ0) is 11.0. The first-order valence-corrected chi connectivity index (χ1v) is 4.66. The molecular formula is C10H19NO3. The van der Waals surface area contributed by atoms with E-state index in [0.717, 1.165) is 6.54 Å². The largest absolute Gasteiger partial charge is 0.478 e. The summed E-state index contributed by atoms with van der Waals surface area (Å²) < 4.78 is 5.30. The predicted molar refractivity (Wildman–Crippen MR) is 55.4 cm³/mol. The lowest BCUT2D eigenvalue weighted by Gasteiger charge is -2.08. The van der Waals surface area contributed by atoms with Gasteiger partial charge in [0.15, 0.2) is 0 Å². The lowest BCUT2D eigenvalue weighted by Crippen LogP contribution is -2.18. The molecule has 0 radical (unpaired) electrons. The average molecular weight is 201 g/mol. The van der Waals surface area contributed by atoms with Crippen LogP contribution in [0.2, 0.25) is 0 Å². The van der Waals surface area contributed by atoms with E-state index in [1.54, 1.807) is 13.0 Å². The Balaban J connectivity index is 3.38. The number of carbonyl (C=O) groups is 1. The number of carboxylic acid groups (broad SMARTS) is 1. The van der Waals surface area contributed by atoms with Crippen molar-refractivity contribution >= 4 is 5.97 Å². The van der Waals surface area contributed by atoms with E-state index in [1.807, 2.05) is 19.0 Å². The predicted octanol–water partition coefficient (Wildman–Crippen LogP) is 0.986. The van der Waals surface area contributed by atoms with E-state index in [4.69, 9.17) is 9.84 Å². The molecule has 0 amide bonds. The van der Waals surface area contributed by atoms with Crippen LogP contribution in [0.3, 0.4) is 0 Å². The molecule has 0 aliphatic rings. The van der Waals surface area contributed by atoms with Gasteiger partial charge in [-0.3, -0.25) is 0 Å². The summed E-state index contributed by atoms with van der Waals surface area (Å²) in [6, 6.07) is 0. The van der Waals surface area contributed by atoms with Gasteiger partial charge in [-0.25, -0.2) is 4.79 Å². The molecule has 0 heterocycles. The van der Waals surface area contributed by atoms with E-state index in [2.05, 4.69) is 0 Å². The molecule has 0 unspecified atom stereocenters. The third kappa shape index (κ3) is 7.76. The highest BCUT2D eigenvalue weighted by Crippen LogP contribution is 1.95. The fourth-order valence-corrected chi connectivity index (χ4v) is 0.795. The number of hydrogen-bond donors (Lipinski definition) is 1. The van der Waals surface area contributed by atoms with Gasteiger partial charge in [-0.15, -0.1) is 0 Å². The number of hydrogen-bond acceptors (Lipinski definition) is 3. The van der Waals surface area contributed by atoms with Crippen LogP contribution in [0.4, 0.5) is 0 Å². The molecule has 4 nitrogen and oxygen atoms in total. The minimum Gasteiger partial charge on any atom is -0.478 e. The van der Waals surface area contributed by atoms with Crippen LogP contribution in [-0.2, 0) is 9.53 Å². The fraction of sp³-hybridized carbons (Fsp3) is 0.700. The van der Waals surface area contributed by atoms with Gasteiger partial charge >= 0.3 is 5.97 Å². The minimum absolute atomic E-state index is 0.376. The van der Waals surface area contributed by atoms with E-state index in [-0.39, 0.29) is 0 Å². The SMILES string of the molecule is CC(=CCCOCCN(C)C)C(=O)O. The van der Waals surface area contributed by atoms with E-state index in [9.17, 15) is 4.79 Å². The van der Waals surface area contributed by atoms with Gasteiger partial charge in [0, 0.05) is 12.1 Å². The van der Waals surface area contributed by atoms with Gasteiger partial charge in [0.05, 0.1) is 13.2 Å². The third-order valence-corrected chi connectivity index (χ3v) is 1.73. The maximum absolute atomic E-state index is 10.4. The Bertz CT molecular complexity index is 200. The second-order valence-corrected chi connectivity index (χ2v) is 3.40. The summed E-state index contributed by atoms with van der Waals surface area (Å²) >= 11 is 0. The summed E-state index contributed by atoms with van der Waals surface area (Å²) in [6.45, 7) is 3.75. The van der Waals surface area contributed by atoms with Gasteiger partial charge in [-0.2, -0.15) is 0 Å². The molecule has 0 bridgehead atoms. The number of ether oxygens (including phenoxy) is 1. The van der Waals surface area contributed by atoms with Gasteiger partial charge in [0.2, 0.25) is 0 Å². The highest BCUT2D eigenvalue weighted by Gasteiger charge is 1.97. The second-order valence-electron chi connectivity index (χ2n) is 3.40. The smallest absolute Gasteiger partial charge is 0.330 e. The van der Waals surface area contributed by atoms with E-state index >= 15 is 0 Å². The standard InChI is InChI=1S/C10H19NO3/c1-9(10(12)13)5-4-7-14-8-6-11(2)3/h5H,4,6-8H2,1-3H3,(H,12,13). The normalized spacial score (nSPS) is 12.1. The van der Waals surface area contributed by atoms with Crippen LogP contribution in [0, 0.1) is 0 Å². The monoisotopic (exact) mass is 201 g/mol. The van der Waals surface area contributed by atoms with Crippen LogP contribution in [0.25, 0.3) is 0 Å². The number of rotatable bonds is 7. The van der Waals surface area contributed by atoms with Crippen molar-refractivity contribution in [3.63, 3.8) is 0 Å². The van der Waals surface area contributed by atoms with Crippen LogP contribution < -0.4 is 0 Å². The Labute approximate surface area is 85.2 Å². The van der Waals surface area contributed by atoms with Crippen LogP contribution >= 0.6 is 0 Å². The number of aliphatic carboxylic acids is 1. The van der Waals surface area contributed by atoms with Crippen LogP contribution in [0.5, 0.6) is 0 Å². The van der Waals surface area contributed by atoms with E-state index in [0.29, 0.717) is 25.2 Å². The molecule has 0 spiro atoms. The van der Waals surface area contributed by atoms with Crippen molar-refractivity contribution in [2.45, 2.75) is 13.3 Å². The fourth-order valence-electron chi connectivity index (χ4n) is 0.795. The molecule has 0 aromatic carbocycles. The summed E-state index contributed by atoms with van der Waals surface area (Å²) in [5.41, 5.74) is 0.376. The highest BCUT2D eigenvalue weighted by molar-refractivity contribution is 5.85. The number of nitrogens with zero attached hydrogens (tertiary/aromatic N) is 1. The van der Waals surface area contributed by atoms with Crippen molar-refractivity contribution in [2.75, 3.05) is 33.9 Å². The van der Waals surface area contributed by atoms with Gasteiger partial charge in [0.1, 0.15) is 0 Å². The zero-order valence-electron chi connectivity index (χ0n) is 9.12. The molecule has 14 heavy (non-hydrogen) atoms. The van der Waals surface area contributed by atoms with E-state index in [1.165, 1.54) is 0 Å². The van der Waals surface area contributed by atoms with Gasteiger partial charge in [-0.1, -0.05) is 6.08 Å². The maximum Gasteiger partial charge on any atom is 0.330 e. The first-order chi connectivity index (χ1) is 6.54. The third-order valence-electron chi connectivity index (χ3n) is 1.73. The molecule has 0 aromatic rings. The van der Waals surface area contributed by atoms with Crippen molar-refractivity contribution in [1.82, 2.24) is 4.90 Å². The van der Waals surface area contributed by atoms with Gasteiger partial charge in [0.25, 0.3) is 0 Å². The van der Waals surface area contributed by atoms with Crippen LogP contribution in [0.1, 0.15) is 13.3 Å². The lowest BCUT2D eigenvalue weighted by atomic mass is 10.2. The minimum atomic E-state index is -0.863. The van der Waals surface area contributed by atoms with Crippen molar-refractivity contribution in [3.05, 3.63) is 11.6 Å². The summed E-state index contributed by atoms with van der Waals surface area (Å²) in [5, 5.41) is 8.54. The van der Waals surface area contributed by atoms with Gasteiger partial charge in [-0.05, 0) is 27.4 Å². The molecular weight excluding hydrogens is 182 g/mol. The highest BCUT2D eigenvalue weighted by atomic mass is 16.5. The first-order valence-electron chi connectivity index (χ1n) is 4.66. The Morgan fingerprint density at radius 2 is 2.07 bits per heavy atom. The molecule has 1 N–H and O–H groups in total. The molecule has 4 heteroatoms.